The summed E-state index contributed by atoms with van der Waals surface area (Å²) in [4.78, 5) is 12.8. The average Bonchev–Trinajstić information content (AvgIpc) is 3.13. The Kier molecular flexibility index (Phi) is 5.66. The standard InChI is InChI=1S/C21H18Cl2N2O/c22-18-9-8-15(13-19(18)23)12-16(14-24)20(26)25-21(10-4-5-11-21)17-6-2-1-3-7-17/h1-3,6-9,12-13H,4-5,10-11H2,(H,25,26)/b16-12+. The maximum atomic E-state index is 12.8. The molecule has 0 radical (unpaired) electrons. The molecule has 0 saturated heterocycles. The molecule has 0 unspecified atom stereocenters. The smallest absolute Gasteiger partial charge is 0.262 e. The van der Waals surface area contributed by atoms with Crippen molar-refractivity contribution >= 4 is 35.2 Å². The van der Waals surface area contributed by atoms with Crippen LogP contribution in [-0.2, 0) is 10.3 Å². The number of hydrogen-bond donors (Lipinski definition) is 1. The van der Waals surface area contributed by atoms with E-state index >= 15 is 0 Å². The summed E-state index contributed by atoms with van der Waals surface area (Å²) < 4.78 is 0. The third-order valence-corrected chi connectivity index (χ3v) is 5.50. The van der Waals surface area contributed by atoms with E-state index in [-0.39, 0.29) is 11.5 Å². The molecule has 132 valence electrons. The number of nitrogens with one attached hydrogen (secondary N) is 1. The summed E-state index contributed by atoms with van der Waals surface area (Å²) in [5.74, 6) is -0.371. The summed E-state index contributed by atoms with van der Waals surface area (Å²) >= 11 is 11.9. The molecule has 0 atom stereocenters. The van der Waals surface area contributed by atoms with Crippen LogP contribution in [0.4, 0.5) is 0 Å². The Bertz CT molecular complexity index is 879. The Morgan fingerprint density at radius 2 is 1.77 bits per heavy atom. The van der Waals surface area contributed by atoms with E-state index in [1.807, 2.05) is 36.4 Å². The molecule has 2 aromatic rings. The zero-order valence-corrected chi connectivity index (χ0v) is 15.6. The van der Waals surface area contributed by atoms with Gasteiger partial charge in [-0.2, -0.15) is 5.26 Å². The van der Waals surface area contributed by atoms with E-state index in [4.69, 9.17) is 23.2 Å². The fourth-order valence-corrected chi connectivity index (χ4v) is 3.73. The van der Waals surface area contributed by atoms with Crippen molar-refractivity contribution in [2.24, 2.45) is 0 Å². The van der Waals surface area contributed by atoms with Gasteiger partial charge < -0.3 is 5.32 Å². The van der Waals surface area contributed by atoms with Gasteiger partial charge in [-0.05, 0) is 42.2 Å². The van der Waals surface area contributed by atoms with Crippen LogP contribution in [0.5, 0.6) is 0 Å². The van der Waals surface area contributed by atoms with Gasteiger partial charge in [-0.25, -0.2) is 0 Å². The van der Waals surface area contributed by atoms with Crippen LogP contribution in [0.25, 0.3) is 6.08 Å². The molecule has 1 amide bonds. The molecule has 26 heavy (non-hydrogen) atoms. The number of hydrogen-bond acceptors (Lipinski definition) is 2. The monoisotopic (exact) mass is 384 g/mol. The average molecular weight is 385 g/mol. The van der Waals surface area contributed by atoms with Gasteiger partial charge in [0, 0.05) is 0 Å². The van der Waals surface area contributed by atoms with E-state index in [9.17, 15) is 10.1 Å². The lowest BCUT2D eigenvalue weighted by Gasteiger charge is -2.31. The van der Waals surface area contributed by atoms with Gasteiger partial charge in [-0.15, -0.1) is 0 Å². The van der Waals surface area contributed by atoms with Crippen LogP contribution in [0.3, 0.4) is 0 Å². The van der Waals surface area contributed by atoms with Gasteiger partial charge in [0.05, 0.1) is 15.6 Å². The molecule has 1 N–H and O–H groups in total. The molecule has 1 fully saturated rings. The largest absolute Gasteiger partial charge is 0.342 e. The first-order valence-corrected chi connectivity index (χ1v) is 9.24. The number of amides is 1. The van der Waals surface area contributed by atoms with Crippen LogP contribution < -0.4 is 5.32 Å². The predicted octanol–water partition coefficient (Wildman–Crippen LogP) is 5.49. The topological polar surface area (TPSA) is 52.9 Å². The molecule has 0 aromatic heterocycles. The minimum atomic E-state index is -0.411. The van der Waals surface area contributed by atoms with Crippen molar-refractivity contribution in [3.05, 3.63) is 75.3 Å². The Labute approximate surface area is 163 Å². The Hall–Kier alpha value is -2.28. The molecule has 5 heteroatoms. The molecule has 0 bridgehead atoms. The highest BCUT2D eigenvalue weighted by molar-refractivity contribution is 6.42. The third kappa shape index (κ3) is 3.93. The van der Waals surface area contributed by atoms with Crippen LogP contribution in [0.15, 0.2) is 54.1 Å². The lowest BCUT2D eigenvalue weighted by Crippen LogP contribution is -2.44. The maximum absolute atomic E-state index is 12.8. The van der Waals surface area contributed by atoms with E-state index in [1.165, 1.54) is 6.08 Å². The predicted molar refractivity (Wildman–Crippen MR) is 105 cm³/mol. The molecule has 0 aliphatic heterocycles. The first kappa shape index (κ1) is 18.5. The van der Waals surface area contributed by atoms with Crippen LogP contribution in [0, 0.1) is 11.3 Å². The number of halogens is 2. The highest BCUT2D eigenvalue weighted by Gasteiger charge is 2.37. The summed E-state index contributed by atoms with van der Waals surface area (Å²) in [5.41, 5.74) is 1.38. The fourth-order valence-electron chi connectivity index (χ4n) is 3.42. The van der Waals surface area contributed by atoms with Crippen molar-refractivity contribution in [3.63, 3.8) is 0 Å². The molecule has 3 nitrogen and oxygen atoms in total. The first-order chi connectivity index (χ1) is 12.5. The number of benzene rings is 2. The van der Waals surface area contributed by atoms with Crippen molar-refractivity contribution in [2.45, 2.75) is 31.2 Å². The van der Waals surface area contributed by atoms with E-state index in [1.54, 1.807) is 18.2 Å². The second-order valence-corrected chi connectivity index (χ2v) is 7.27. The third-order valence-electron chi connectivity index (χ3n) is 4.76. The van der Waals surface area contributed by atoms with E-state index < -0.39 is 5.54 Å². The second kappa shape index (κ2) is 7.95. The molecule has 3 rings (SSSR count). The van der Waals surface area contributed by atoms with Crippen LogP contribution >= 0.6 is 23.2 Å². The summed E-state index contributed by atoms with van der Waals surface area (Å²) in [6, 6.07) is 17.0. The van der Waals surface area contributed by atoms with Crippen molar-refractivity contribution in [1.29, 1.82) is 5.26 Å². The highest BCUT2D eigenvalue weighted by Crippen LogP contribution is 2.38. The molecule has 1 aliphatic rings. The minimum Gasteiger partial charge on any atom is -0.342 e. The molecule has 1 aliphatic carbocycles. The van der Waals surface area contributed by atoms with Gasteiger partial charge in [0.25, 0.3) is 5.91 Å². The summed E-state index contributed by atoms with van der Waals surface area (Å²) in [6.45, 7) is 0. The zero-order valence-electron chi connectivity index (χ0n) is 14.1. The molecular weight excluding hydrogens is 367 g/mol. The van der Waals surface area contributed by atoms with Crippen molar-refractivity contribution in [2.75, 3.05) is 0 Å². The number of carbonyl (C=O) groups excluding carboxylic acids is 1. The molecular formula is C21H18Cl2N2O. The summed E-state index contributed by atoms with van der Waals surface area (Å²) in [5, 5.41) is 13.4. The lowest BCUT2D eigenvalue weighted by molar-refractivity contribution is -0.119. The fraction of sp³-hybridized carbons (Fsp3) is 0.238. The second-order valence-electron chi connectivity index (χ2n) is 6.45. The minimum absolute atomic E-state index is 0.0468. The Morgan fingerprint density at radius 1 is 1.08 bits per heavy atom. The van der Waals surface area contributed by atoms with Crippen molar-refractivity contribution in [1.82, 2.24) is 5.32 Å². The lowest BCUT2D eigenvalue weighted by atomic mass is 9.87. The molecule has 1 saturated carbocycles. The van der Waals surface area contributed by atoms with Gasteiger partial charge in [-0.1, -0.05) is 72.4 Å². The van der Waals surface area contributed by atoms with Gasteiger partial charge in [0.1, 0.15) is 11.6 Å². The Morgan fingerprint density at radius 3 is 2.38 bits per heavy atom. The summed E-state index contributed by atoms with van der Waals surface area (Å²) in [7, 11) is 0. The van der Waals surface area contributed by atoms with Crippen LogP contribution in [0.1, 0.15) is 36.8 Å². The van der Waals surface area contributed by atoms with Gasteiger partial charge in [0.15, 0.2) is 0 Å². The normalized spacial score (nSPS) is 16.1. The highest BCUT2D eigenvalue weighted by atomic mass is 35.5. The van der Waals surface area contributed by atoms with Crippen molar-refractivity contribution in [3.8, 4) is 6.07 Å². The van der Waals surface area contributed by atoms with E-state index in [0.29, 0.717) is 15.6 Å². The molecule has 2 aromatic carbocycles. The SMILES string of the molecule is N#C/C(=C\c1ccc(Cl)c(Cl)c1)C(=O)NC1(c2ccccc2)CCCC1. The van der Waals surface area contributed by atoms with Gasteiger partial charge in [0.2, 0.25) is 0 Å². The maximum Gasteiger partial charge on any atom is 0.262 e. The quantitative estimate of drug-likeness (QED) is 0.559. The Balaban J connectivity index is 1.87. The van der Waals surface area contributed by atoms with Crippen LogP contribution in [-0.4, -0.2) is 5.91 Å². The number of nitrogens with zero attached hydrogens (tertiary/aromatic N) is 1. The summed E-state index contributed by atoms with van der Waals surface area (Å²) in [6.07, 6.45) is 5.37. The number of rotatable bonds is 4. The molecule has 0 heterocycles. The van der Waals surface area contributed by atoms with Gasteiger partial charge >= 0.3 is 0 Å². The van der Waals surface area contributed by atoms with E-state index in [2.05, 4.69) is 5.32 Å². The molecule has 0 spiro atoms. The van der Waals surface area contributed by atoms with E-state index in [0.717, 1.165) is 31.2 Å². The van der Waals surface area contributed by atoms with Crippen LogP contribution in [0.2, 0.25) is 10.0 Å². The van der Waals surface area contributed by atoms with Crippen molar-refractivity contribution < 1.29 is 4.79 Å². The number of nitriles is 1. The zero-order chi connectivity index (χ0) is 18.6. The van der Waals surface area contributed by atoms with Gasteiger partial charge in [-0.3, -0.25) is 4.79 Å². The first-order valence-electron chi connectivity index (χ1n) is 8.49. The number of carbonyl (C=O) groups is 1.